The van der Waals surface area contributed by atoms with E-state index in [2.05, 4.69) is 15.6 Å². The number of anilines is 1. The van der Waals surface area contributed by atoms with E-state index < -0.39 is 10.4 Å². The molecule has 0 aliphatic rings. The molecule has 4 aromatic rings. The number of aromatic amines is 1. The zero-order valence-corrected chi connectivity index (χ0v) is 22.2. The van der Waals surface area contributed by atoms with E-state index in [-0.39, 0.29) is 51.4 Å². The molecule has 11 heteroatoms. The molecular formula is C27H30ClN5O5. The van der Waals surface area contributed by atoms with E-state index >= 15 is 0 Å². The van der Waals surface area contributed by atoms with Gasteiger partial charge in [-0.25, -0.2) is 0 Å². The Kier molecular flexibility index (Phi) is 9.27. The van der Waals surface area contributed by atoms with Gasteiger partial charge in [0.2, 0.25) is 0 Å². The molecule has 0 fully saturated rings. The average molecular weight is 540 g/mol. The van der Waals surface area contributed by atoms with Crippen molar-refractivity contribution < 1.29 is 14.5 Å². The molecule has 0 saturated heterocycles. The number of pyridine rings is 1. The maximum atomic E-state index is 13.7. The summed E-state index contributed by atoms with van der Waals surface area (Å²) < 4.78 is 5.20. The summed E-state index contributed by atoms with van der Waals surface area (Å²) in [5, 5.41) is 18.3. The number of benzene rings is 3. The van der Waals surface area contributed by atoms with Crippen LogP contribution in [0.15, 0.2) is 59.4 Å². The second kappa shape index (κ2) is 12.4. The maximum absolute atomic E-state index is 13.7. The zero-order chi connectivity index (χ0) is 26.5. The van der Waals surface area contributed by atoms with Crippen LogP contribution in [0, 0.1) is 10.1 Å². The number of aromatic nitrogens is 1. The van der Waals surface area contributed by atoms with Gasteiger partial charge in [-0.1, -0.05) is 18.2 Å². The highest BCUT2D eigenvalue weighted by Crippen LogP contribution is 2.29. The first-order chi connectivity index (χ1) is 17.8. The molecule has 0 unspecified atom stereocenters. The fourth-order valence-corrected chi connectivity index (χ4v) is 4.21. The lowest BCUT2D eigenvalue weighted by Crippen LogP contribution is -2.27. The molecule has 10 nitrogen and oxygen atoms in total. The standard InChI is InChI=1S/C27H29N5O5.ClH/c1-31(2)15-5-14-28-27(34)20-12-13-21(29-16-17-8-10-18(37-3)11-9-17)23-25(20)30-24-19(26(23)33)6-4-7-22(24)32(35)36;/h4,6-13,29H,5,14-16H2,1-3H3,(H,28,34)(H,30,33);1H. The Morgan fingerprint density at radius 2 is 1.82 bits per heavy atom. The van der Waals surface area contributed by atoms with Crippen molar-refractivity contribution in [1.82, 2.24) is 15.2 Å². The molecule has 0 aliphatic heterocycles. The molecule has 3 aromatic carbocycles. The highest BCUT2D eigenvalue weighted by molar-refractivity contribution is 6.11. The van der Waals surface area contributed by atoms with Crippen molar-refractivity contribution in [3.05, 3.63) is 86.1 Å². The van der Waals surface area contributed by atoms with E-state index in [1.807, 2.05) is 43.3 Å². The minimum absolute atomic E-state index is 0. The molecule has 1 aromatic heterocycles. The van der Waals surface area contributed by atoms with Crippen molar-refractivity contribution in [2.45, 2.75) is 13.0 Å². The molecule has 0 aliphatic carbocycles. The van der Waals surface area contributed by atoms with Gasteiger partial charge in [0, 0.05) is 24.8 Å². The fraction of sp³-hybridized carbons (Fsp3) is 0.259. The van der Waals surface area contributed by atoms with Gasteiger partial charge in [0.1, 0.15) is 11.3 Å². The minimum Gasteiger partial charge on any atom is -0.497 e. The predicted molar refractivity (Wildman–Crippen MR) is 152 cm³/mol. The molecule has 0 saturated carbocycles. The number of hydrogen-bond acceptors (Lipinski definition) is 7. The molecule has 0 atom stereocenters. The number of non-ortho nitro benzene ring substituents is 1. The van der Waals surface area contributed by atoms with Gasteiger partial charge in [-0.2, -0.15) is 0 Å². The van der Waals surface area contributed by atoms with Crippen LogP contribution in [0.3, 0.4) is 0 Å². The quantitative estimate of drug-likeness (QED) is 0.118. The van der Waals surface area contributed by atoms with Crippen LogP contribution in [0.2, 0.25) is 0 Å². The predicted octanol–water partition coefficient (Wildman–Crippen LogP) is 4.31. The van der Waals surface area contributed by atoms with Gasteiger partial charge < -0.3 is 25.3 Å². The van der Waals surface area contributed by atoms with Crippen LogP contribution in [0.25, 0.3) is 21.8 Å². The Hall–Kier alpha value is -4.15. The molecule has 0 spiro atoms. The van der Waals surface area contributed by atoms with Crippen LogP contribution in [-0.4, -0.2) is 55.0 Å². The van der Waals surface area contributed by atoms with Crippen LogP contribution in [0.5, 0.6) is 5.75 Å². The number of rotatable bonds is 10. The molecule has 1 heterocycles. The fourth-order valence-electron chi connectivity index (χ4n) is 4.21. The lowest BCUT2D eigenvalue weighted by molar-refractivity contribution is -0.383. The first-order valence-corrected chi connectivity index (χ1v) is 11.9. The topological polar surface area (TPSA) is 130 Å². The van der Waals surface area contributed by atoms with E-state index in [9.17, 15) is 19.7 Å². The smallest absolute Gasteiger partial charge is 0.293 e. The summed E-state index contributed by atoms with van der Waals surface area (Å²) in [6.07, 6.45) is 0.753. The number of nitrogens with zero attached hydrogens (tertiary/aromatic N) is 2. The molecule has 3 N–H and O–H groups in total. The lowest BCUT2D eigenvalue weighted by atomic mass is 10.0. The Morgan fingerprint density at radius 1 is 1.08 bits per heavy atom. The van der Waals surface area contributed by atoms with Gasteiger partial charge in [0.15, 0.2) is 5.43 Å². The van der Waals surface area contributed by atoms with E-state index in [0.717, 1.165) is 24.3 Å². The summed E-state index contributed by atoms with van der Waals surface area (Å²) in [5.41, 5.74) is 1.43. The van der Waals surface area contributed by atoms with Crippen LogP contribution in [-0.2, 0) is 6.54 Å². The monoisotopic (exact) mass is 539 g/mol. The van der Waals surface area contributed by atoms with E-state index in [1.54, 1.807) is 25.3 Å². The van der Waals surface area contributed by atoms with Crippen molar-refractivity contribution in [2.24, 2.45) is 0 Å². The summed E-state index contributed by atoms with van der Waals surface area (Å²) in [6, 6.07) is 15.2. The molecule has 0 bridgehead atoms. The van der Waals surface area contributed by atoms with Gasteiger partial charge in [0.05, 0.1) is 33.9 Å². The number of methoxy groups -OCH3 is 1. The van der Waals surface area contributed by atoms with Gasteiger partial charge in [-0.05, 0) is 63.0 Å². The molecule has 1 amide bonds. The molecular weight excluding hydrogens is 510 g/mol. The Balaban J connectivity index is 0.00000400. The summed E-state index contributed by atoms with van der Waals surface area (Å²) in [6.45, 7) is 1.68. The molecule has 4 rings (SSSR count). The largest absolute Gasteiger partial charge is 0.497 e. The van der Waals surface area contributed by atoms with E-state index in [0.29, 0.717) is 18.8 Å². The van der Waals surface area contributed by atoms with E-state index in [4.69, 9.17) is 4.74 Å². The molecule has 0 radical (unpaired) electrons. The third-order valence-electron chi connectivity index (χ3n) is 6.12. The Morgan fingerprint density at radius 3 is 2.47 bits per heavy atom. The third kappa shape index (κ3) is 6.04. The number of carbonyl (C=O) groups excluding carboxylic acids is 1. The Labute approximate surface area is 225 Å². The van der Waals surface area contributed by atoms with Crippen LogP contribution in [0.1, 0.15) is 22.3 Å². The average Bonchev–Trinajstić information content (AvgIpc) is 2.89. The summed E-state index contributed by atoms with van der Waals surface area (Å²) in [4.78, 5) is 42.9. The number of para-hydroxylation sites is 1. The van der Waals surface area contributed by atoms with Gasteiger partial charge in [-0.15, -0.1) is 12.4 Å². The zero-order valence-electron chi connectivity index (χ0n) is 21.4. The van der Waals surface area contributed by atoms with Gasteiger partial charge >= 0.3 is 0 Å². The van der Waals surface area contributed by atoms with Crippen LogP contribution < -0.4 is 20.8 Å². The second-order valence-electron chi connectivity index (χ2n) is 8.94. The number of carbonyl (C=O) groups is 1. The minimum atomic E-state index is -0.545. The summed E-state index contributed by atoms with van der Waals surface area (Å²) in [5.74, 6) is 0.374. The first-order valence-electron chi connectivity index (χ1n) is 11.9. The van der Waals surface area contributed by atoms with Crippen molar-refractivity contribution in [3.63, 3.8) is 0 Å². The van der Waals surface area contributed by atoms with Crippen molar-refractivity contribution >= 4 is 51.5 Å². The normalized spacial score (nSPS) is 10.8. The van der Waals surface area contributed by atoms with Crippen molar-refractivity contribution in [3.8, 4) is 5.75 Å². The van der Waals surface area contributed by atoms with Crippen LogP contribution in [0.4, 0.5) is 11.4 Å². The number of hydrogen-bond donors (Lipinski definition) is 3. The highest BCUT2D eigenvalue weighted by Gasteiger charge is 2.21. The summed E-state index contributed by atoms with van der Waals surface area (Å²) in [7, 11) is 5.51. The SMILES string of the molecule is COc1ccc(CNc2ccc(C(=O)NCCCN(C)C)c3[nH]c4c([N+](=O)[O-])cccc4c(=O)c23)cc1.Cl. The number of ether oxygens (including phenoxy) is 1. The van der Waals surface area contributed by atoms with Gasteiger partial charge in [-0.3, -0.25) is 19.7 Å². The molecule has 200 valence electrons. The number of amides is 1. The number of halogens is 1. The Bertz CT molecular complexity index is 1520. The first kappa shape index (κ1) is 28.4. The number of nitro groups is 1. The van der Waals surface area contributed by atoms with Crippen LogP contribution >= 0.6 is 12.4 Å². The maximum Gasteiger partial charge on any atom is 0.293 e. The third-order valence-corrected chi connectivity index (χ3v) is 6.12. The van der Waals surface area contributed by atoms with Crippen molar-refractivity contribution in [1.29, 1.82) is 0 Å². The summed E-state index contributed by atoms with van der Waals surface area (Å²) >= 11 is 0. The number of nitrogens with one attached hydrogen (secondary N) is 3. The lowest BCUT2D eigenvalue weighted by Gasteiger charge is -2.15. The second-order valence-corrected chi connectivity index (χ2v) is 8.94. The number of H-pyrrole nitrogens is 1. The van der Waals surface area contributed by atoms with Crippen molar-refractivity contribution in [2.75, 3.05) is 39.6 Å². The number of nitro benzene ring substituents is 1. The van der Waals surface area contributed by atoms with Gasteiger partial charge in [0.25, 0.3) is 11.6 Å². The molecule has 38 heavy (non-hydrogen) atoms. The number of fused-ring (bicyclic) bond motifs is 2. The highest BCUT2D eigenvalue weighted by atomic mass is 35.5. The van der Waals surface area contributed by atoms with E-state index in [1.165, 1.54) is 12.1 Å².